The molecule has 2 atom stereocenters. The van der Waals surface area contributed by atoms with Crippen molar-refractivity contribution in [2.75, 3.05) is 0 Å². The second-order valence-electron chi connectivity index (χ2n) is 6.44. The molecule has 3 rings (SSSR count). The van der Waals surface area contributed by atoms with Crippen molar-refractivity contribution < 1.29 is 9.85 Å². The number of hydrogen-bond donors (Lipinski definition) is 0. The van der Waals surface area contributed by atoms with Gasteiger partial charge in [-0.25, -0.2) is 0 Å². The van der Waals surface area contributed by atoms with Gasteiger partial charge in [-0.15, -0.1) is 0 Å². The zero-order valence-electron chi connectivity index (χ0n) is 14.0. The van der Waals surface area contributed by atoms with E-state index in [1.165, 1.54) is 6.08 Å². The van der Waals surface area contributed by atoms with Gasteiger partial charge in [0.15, 0.2) is 0 Å². The fourth-order valence-corrected chi connectivity index (χ4v) is 3.41. The Morgan fingerprint density at radius 2 is 1.64 bits per heavy atom. The Hall–Kier alpha value is -3.02. The summed E-state index contributed by atoms with van der Waals surface area (Å²) in [4.78, 5) is 22.5. The van der Waals surface area contributed by atoms with Crippen LogP contribution in [0.25, 0.3) is 6.08 Å². The van der Waals surface area contributed by atoms with Crippen LogP contribution in [0, 0.1) is 34.1 Å². The molecular formula is C19H18N2O4. The summed E-state index contributed by atoms with van der Waals surface area (Å²) in [6, 6.07) is 14.5. The molecule has 0 amide bonds. The normalized spacial score (nSPS) is 22.5. The fourth-order valence-electron chi connectivity index (χ4n) is 3.41. The Balaban J connectivity index is 2.11. The van der Waals surface area contributed by atoms with Crippen molar-refractivity contribution in [1.82, 2.24) is 0 Å². The number of nitro groups is 2. The monoisotopic (exact) mass is 338 g/mol. The molecule has 0 N–H and O–H groups in total. The van der Waals surface area contributed by atoms with Crippen LogP contribution in [0.15, 0.2) is 54.2 Å². The standard InChI is InChI=1S/C19H18N2O4/c1-13-7-3-5-9-15(13)11-18(20(22)23)19(21(24)25)12-17(19)16-10-6-4-8-14(16)2/h3-11,17H,12H2,1-2H3/b18-11+. The molecule has 0 aliphatic heterocycles. The van der Waals surface area contributed by atoms with Crippen molar-refractivity contribution in [3.63, 3.8) is 0 Å². The van der Waals surface area contributed by atoms with E-state index in [-0.39, 0.29) is 12.1 Å². The van der Waals surface area contributed by atoms with E-state index in [1.807, 2.05) is 50.2 Å². The topological polar surface area (TPSA) is 86.3 Å². The van der Waals surface area contributed by atoms with Crippen LogP contribution < -0.4 is 0 Å². The van der Waals surface area contributed by atoms with Crippen LogP contribution in [0.5, 0.6) is 0 Å². The molecule has 25 heavy (non-hydrogen) atoms. The first-order valence-electron chi connectivity index (χ1n) is 8.00. The van der Waals surface area contributed by atoms with Gasteiger partial charge in [0.2, 0.25) is 0 Å². The first kappa shape index (κ1) is 16.8. The Morgan fingerprint density at radius 1 is 1.04 bits per heavy atom. The second kappa shape index (κ2) is 6.12. The van der Waals surface area contributed by atoms with E-state index in [0.29, 0.717) is 5.56 Å². The van der Waals surface area contributed by atoms with Crippen molar-refractivity contribution >= 4 is 6.08 Å². The van der Waals surface area contributed by atoms with E-state index in [0.717, 1.165) is 16.7 Å². The molecule has 2 aromatic carbocycles. The molecule has 1 saturated carbocycles. The lowest BCUT2D eigenvalue weighted by atomic mass is 9.98. The van der Waals surface area contributed by atoms with Crippen LogP contribution in [0.4, 0.5) is 0 Å². The van der Waals surface area contributed by atoms with Crippen molar-refractivity contribution in [3.05, 3.63) is 96.7 Å². The van der Waals surface area contributed by atoms with E-state index in [4.69, 9.17) is 0 Å². The van der Waals surface area contributed by atoms with Gasteiger partial charge >= 0.3 is 11.2 Å². The molecule has 0 radical (unpaired) electrons. The molecule has 0 bridgehead atoms. The maximum Gasteiger partial charge on any atom is 0.323 e. The van der Waals surface area contributed by atoms with E-state index in [2.05, 4.69) is 0 Å². The molecule has 0 heterocycles. The Bertz CT molecular complexity index is 890. The lowest BCUT2D eigenvalue weighted by Crippen LogP contribution is -2.30. The Morgan fingerprint density at radius 3 is 2.20 bits per heavy atom. The summed E-state index contributed by atoms with van der Waals surface area (Å²) in [5.74, 6) is -0.482. The summed E-state index contributed by atoms with van der Waals surface area (Å²) in [5, 5.41) is 23.6. The van der Waals surface area contributed by atoms with Crippen LogP contribution in [0.1, 0.15) is 34.6 Å². The third kappa shape index (κ3) is 2.80. The average molecular weight is 338 g/mol. The van der Waals surface area contributed by atoms with Gasteiger partial charge in [-0.05, 0) is 36.1 Å². The number of benzene rings is 2. The predicted molar refractivity (Wildman–Crippen MR) is 94.4 cm³/mol. The summed E-state index contributed by atoms with van der Waals surface area (Å²) in [6.07, 6.45) is 1.50. The first-order valence-corrected chi connectivity index (χ1v) is 8.00. The van der Waals surface area contributed by atoms with Gasteiger partial charge in [0, 0.05) is 17.4 Å². The number of nitrogens with zero attached hydrogens (tertiary/aromatic N) is 2. The van der Waals surface area contributed by atoms with Crippen LogP contribution >= 0.6 is 0 Å². The van der Waals surface area contributed by atoms with Gasteiger partial charge in [0.05, 0.1) is 10.8 Å². The zero-order chi connectivity index (χ0) is 18.2. The quantitative estimate of drug-likeness (QED) is 0.606. The van der Waals surface area contributed by atoms with E-state index < -0.39 is 21.3 Å². The summed E-state index contributed by atoms with van der Waals surface area (Å²) in [6.45, 7) is 3.70. The highest BCUT2D eigenvalue weighted by Crippen LogP contribution is 2.59. The SMILES string of the molecule is Cc1ccccc1/C=C(/[N+](=O)[O-])C1([N+](=O)[O-])CC1c1ccccc1C. The lowest BCUT2D eigenvalue weighted by molar-refractivity contribution is -0.569. The van der Waals surface area contributed by atoms with Crippen molar-refractivity contribution in [3.8, 4) is 0 Å². The largest absolute Gasteiger partial charge is 0.323 e. The summed E-state index contributed by atoms with van der Waals surface area (Å²) < 4.78 is 0. The van der Waals surface area contributed by atoms with E-state index >= 15 is 0 Å². The minimum atomic E-state index is -1.67. The number of rotatable bonds is 5. The molecule has 0 aromatic heterocycles. The molecule has 0 spiro atoms. The van der Waals surface area contributed by atoms with E-state index in [9.17, 15) is 20.2 Å². The molecule has 2 unspecified atom stereocenters. The molecule has 128 valence electrons. The van der Waals surface area contributed by atoms with Gasteiger partial charge < -0.3 is 0 Å². The summed E-state index contributed by atoms with van der Waals surface area (Å²) in [5.41, 5.74) is 1.17. The minimum absolute atomic E-state index is 0.142. The van der Waals surface area contributed by atoms with Crippen LogP contribution in [-0.2, 0) is 0 Å². The second-order valence-corrected chi connectivity index (χ2v) is 6.44. The number of aryl methyl sites for hydroxylation is 2. The maximum absolute atomic E-state index is 11.9. The fraction of sp³-hybridized carbons (Fsp3) is 0.263. The molecule has 1 aliphatic carbocycles. The molecule has 0 saturated heterocycles. The molecule has 6 heteroatoms. The van der Waals surface area contributed by atoms with Gasteiger partial charge in [-0.1, -0.05) is 48.5 Å². The van der Waals surface area contributed by atoms with E-state index in [1.54, 1.807) is 12.1 Å². The Labute approximate surface area is 145 Å². The zero-order valence-corrected chi connectivity index (χ0v) is 14.0. The minimum Gasteiger partial charge on any atom is -0.263 e. The van der Waals surface area contributed by atoms with Gasteiger partial charge in [0.25, 0.3) is 0 Å². The predicted octanol–water partition coefficient (Wildman–Crippen LogP) is 4.12. The molecule has 2 aromatic rings. The molecule has 6 nitrogen and oxygen atoms in total. The van der Waals surface area contributed by atoms with Crippen LogP contribution in [0.3, 0.4) is 0 Å². The van der Waals surface area contributed by atoms with Gasteiger partial charge in [-0.2, -0.15) is 0 Å². The highest BCUT2D eigenvalue weighted by molar-refractivity contribution is 5.59. The first-order chi connectivity index (χ1) is 11.9. The van der Waals surface area contributed by atoms with Gasteiger partial charge in [-0.3, -0.25) is 20.2 Å². The maximum atomic E-state index is 11.9. The van der Waals surface area contributed by atoms with Crippen molar-refractivity contribution in [2.24, 2.45) is 0 Å². The molecule has 1 aliphatic rings. The third-order valence-electron chi connectivity index (χ3n) is 4.94. The van der Waals surface area contributed by atoms with Crippen LogP contribution in [0.2, 0.25) is 0 Å². The smallest absolute Gasteiger partial charge is 0.263 e. The van der Waals surface area contributed by atoms with Crippen molar-refractivity contribution in [1.29, 1.82) is 0 Å². The van der Waals surface area contributed by atoms with Gasteiger partial charge in [0.1, 0.15) is 0 Å². The average Bonchev–Trinajstić information content (AvgIpc) is 3.30. The summed E-state index contributed by atoms with van der Waals surface area (Å²) >= 11 is 0. The molecule has 1 fully saturated rings. The highest BCUT2D eigenvalue weighted by atomic mass is 16.6. The number of hydrogen-bond acceptors (Lipinski definition) is 4. The molecular weight excluding hydrogens is 320 g/mol. The summed E-state index contributed by atoms with van der Waals surface area (Å²) in [7, 11) is 0. The van der Waals surface area contributed by atoms with Crippen molar-refractivity contribution in [2.45, 2.75) is 31.7 Å². The van der Waals surface area contributed by atoms with Crippen LogP contribution in [-0.4, -0.2) is 15.4 Å². The Kier molecular flexibility index (Phi) is 4.12. The third-order valence-corrected chi connectivity index (χ3v) is 4.94. The lowest BCUT2D eigenvalue weighted by Gasteiger charge is -2.10. The highest BCUT2D eigenvalue weighted by Gasteiger charge is 2.75.